The van der Waals surface area contributed by atoms with E-state index in [1.807, 2.05) is 0 Å². The van der Waals surface area contributed by atoms with E-state index in [-0.39, 0.29) is 29.0 Å². The van der Waals surface area contributed by atoms with Crippen molar-refractivity contribution < 1.29 is 14.5 Å². The summed E-state index contributed by atoms with van der Waals surface area (Å²) in [5.41, 5.74) is 0. The van der Waals surface area contributed by atoms with Crippen molar-refractivity contribution in [3.8, 4) is 0 Å². The van der Waals surface area contributed by atoms with Crippen LogP contribution in [0.25, 0.3) is 0 Å². The van der Waals surface area contributed by atoms with E-state index in [1.54, 1.807) is 0 Å². The van der Waals surface area contributed by atoms with Crippen molar-refractivity contribution in [3.63, 3.8) is 0 Å². The van der Waals surface area contributed by atoms with E-state index < -0.39 is 0 Å². The lowest BCUT2D eigenvalue weighted by atomic mass is 9.67. The maximum absolute atomic E-state index is 13.3. The third kappa shape index (κ3) is 3.87. The normalized spacial score (nSPS) is 40.6. The minimum atomic E-state index is -0.378. The average molecular weight is 379 g/mol. The van der Waals surface area contributed by atoms with E-state index in [2.05, 4.69) is 11.9 Å². The average Bonchev–Trinajstić information content (AvgIpc) is 2.91. The number of carbonyl (C=O) groups is 1. The van der Waals surface area contributed by atoms with E-state index in [1.165, 1.54) is 25.7 Å². The van der Waals surface area contributed by atoms with Crippen molar-refractivity contribution in [2.24, 2.45) is 17.8 Å². The van der Waals surface area contributed by atoms with Crippen LogP contribution in [0.1, 0.15) is 77.0 Å². The fraction of sp³-hybridized carbons (Fsp3) is 0.952. The number of ether oxygens (including phenoxy) is 1. The monoisotopic (exact) mass is 378 g/mol. The van der Waals surface area contributed by atoms with E-state index in [0.29, 0.717) is 36.8 Å². The molecule has 2 aliphatic carbocycles. The molecule has 2 saturated carbocycles. The Morgan fingerprint density at radius 1 is 1.00 bits per heavy atom. The summed E-state index contributed by atoms with van der Waals surface area (Å²) in [6.07, 6.45) is 12.2. The second kappa shape index (κ2) is 8.06. The number of esters is 1. The molecule has 4 unspecified atom stereocenters. The number of fused-ring (bicyclic) bond motifs is 2. The second-order valence-corrected chi connectivity index (χ2v) is 9.44. The summed E-state index contributed by atoms with van der Waals surface area (Å²) in [6.45, 7) is 0. The van der Waals surface area contributed by atoms with Crippen LogP contribution in [0, 0.1) is 27.9 Å². The standard InChI is InChI=1S/C21H34N2O4/c1-22-16-11-12-19(22)20(21(24)27-17-5-3-2-4-6-17)18(13-16)14-7-9-15(10-8-14)23(25)26/h14-20H,2-13H2,1H3. The van der Waals surface area contributed by atoms with Gasteiger partial charge in [0.2, 0.25) is 6.04 Å². The first kappa shape index (κ1) is 19.2. The van der Waals surface area contributed by atoms with Crippen molar-refractivity contribution >= 4 is 5.97 Å². The first-order valence-corrected chi connectivity index (χ1v) is 11.1. The van der Waals surface area contributed by atoms with Crippen LogP contribution in [-0.2, 0) is 9.53 Å². The Bertz CT molecular complexity index is 554. The zero-order chi connectivity index (χ0) is 19.0. The number of hydrogen-bond donors (Lipinski definition) is 0. The Balaban J connectivity index is 1.47. The van der Waals surface area contributed by atoms with Gasteiger partial charge in [0.05, 0.1) is 5.92 Å². The number of nitrogens with zero attached hydrogens (tertiary/aromatic N) is 2. The van der Waals surface area contributed by atoms with Gasteiger partial charge < -0.3 is 4.74 Å². The van der Waals surface area contributed by atoms with Gasteiger partial charge in [-0.1, -0.05) is 6.42 Å². The summed E-state index contributed by atoms with van der Waals surface area (Å²) in [6, 6.07) is 0.502. The SMILES string of the molecule is CN1C2CCC1C(C(=O)OC1CCCCC1)C(C1CCC([N+](=O)[O-])CC1)C2. The predicted octanol–water partition coefficient (Wildman–Crippen LogP) is 3.80. The van der Waals surface area contributed by atoms with Gasteiger partial charge in [0.15, 0.2) is 0 Å². The van der Waals surface area contributed by atoms with Gasteiger partial charge in [-0.2, -0.15) is 0 Å². The van der Waals surface area contributed by atoms with Crippen molar-refractivity contribution in [1.82, 2.24) is 4.90 Å². The van der Waals surface area contributed by atoms with Crippen molar-refractivity contribution in [2.45, 2.75) is 101 Å². The zero-order valence-corrected chi connectivity index (χ0v) is 16.6. The highest BCUT2D eigenvalue weighted by atomic mass is 16.6. The molecule has 27 heavy (non-hydrogen) atoms. The molecule has 4 fully saturated rings. The molecule has 0 aromatic heterocycles. The Morgan fingerprint density at radius 2 is 1.70 bits per heavy atom. The zero-order valence-electron chi connectivity index (χ0n) is 16.6. The smallest absolute Gasteiger partial charge is 0.311 e. The highest BCUT2D eigenvalue weighted by molar-refractivity contribution is 5.74. The molecule has 6 nitrogen and oxygen atoms in total. The quantitative estimate of drug-likeness (QED) is 0.423. The summed E-state index contributed by atoms with van der Waals surface area (Å²) in [5.74, 6) is 0.790. The summed E-state index contributed by atoms with van der Waals surface area (Å²) < 4.78 is 6.04. The molecule has 0 N–H and O–H groups in total. The fourth-order valence-corrected chi connectivity index (χ4v) is 6.49. The minimum absolute atomic E-state index is 0.0282. The fourth-order valence-electron chi connectivity index (χ4n) is 6.49. The molecule has 4 rings (SSSR count). The molecule has 2 bridgehead atoms. The Hall–Kier alpha value is -1.17. The Kier molecular flexibility index (Phi) is 5.72. The number of hydrogen-bond acceptors (Lipinski definition) is 5. The number of nitro groups is 1. The van der Waals surface area contributed by atoms with Crippen LogP contribution in [0.15, 0.2) is 0 Å². The maximum atomic E-state index is 13.3. The molecule has 4 atom stereocenters. The molecule has 2 saturated heterocycles. The largest absolute Gasteiger partial charge is 0.462 e. The van der Waals surface area contributed by atoms with Gasteiger partial charge in [-0.25, -0.2) is 0 Å². The number of piperidine rings is 1. The molecular weight excluding hydrogens is 344 g/mol. The Labute approximate surface area is 162 Å². The van der Waals surface area contributed by atoms with Gasteiger partial charge in [-0.05, 0) is 76.7 Å². The van der Waals surface area contributed by atoms with Crippen LogP contribution in [0.2, 0.25) is 0 Å². The van der Waals surface area contributed by atoms with Crippen LogP contribution >= 0.6 is 0 Å². The molecule has 6 heteroatoms. The topological polar surface area (TPSA) is 72.7 Å². The first-order valence-electron chi connectivity index (χ1n) is 11.1. The van der Waals surface area contributed by atoms with Crippen molar-refractivity contribution in [3.05, 3.63) is 10.1 Å². The Morgan fingerprint density at radius 3 is 2.37 bits per heavy atom. The lowest BCUT2D eigenvalue weighted by Crippen LogP contribution is -2.52. The van der Waals surface area contributed by atoms with Crippen LogP contribution < -0.4 is 0 Å². The van der Waals surface area contributed by atoms with E-state index >= 15 is 0 Å². The van der Waals surface area contributed by atoms with Crippen LogP contribution in [0.4, 0.5) is 0 Å². The number of carbonyl (C=O) groups excluding carboxylic acids is 1. The number of rotatable bonds is 4. The van der Waals surface area contributed by atoms with Gasteiger partial charge in [0, 0.05) is 29.8 Å². The maximum Gasteiger partial charge on any atom is 0.311 e. The summed E-state index contributed by atoms with van der Waals surface area (Å²) in [5, 5.41) is 11.1. The second-order valence-electron chi connectivity index (χ2n) is 9.44. The van der Waals surface area contributed by atoms with Gasteiger partial charge >= 0.3 is 5.97 Å². The lowest BCUT2D eigenvalue weighted by Gasteiger charge is -2.46. The summed E-state index contributed by atoms with van der Waals surface area (Å²) in [4.78, 5) is 26.7. The predicted molar refractivity (Wildman–Crippen MR) is 102 cm³/mol. The van der Waals surface area contributed by atoms with Crippen LogP contribution in [0.3, 0.4) is 0 Å². The van der Waals surface area contributed by atoms with E-state index in [0.717, 1.165) is 38.5 Å². The highest BCUT2D eigenvalue weighted by Crippen LogP contribution is 2.48. The van der Waals surface area contributed by atoms with Crippen LogP contribution in [-0.4, -0.2) is 47.1 Å². The molecule has 152 valence electrons. The molecule has 4 aliphatic rings. The van der Waals surface area contributed by atoms with Crippen LogP contribution in [0.5, 0.6) is 0 Å². The highest BCUT2D eigenvalue weighted by Gasteiger charge is 2.52. The molecular formula is C21H34N2O4. The summed E-state index contributed by atoms with van der Waals surface area (Å²) in [7, 11) is 2.17. The lowest BCUT2D eigenvalue weighted by molar-refractivity contribution is -0.527. The minimum Gasteiger partial charge on any atom is -0.462 e. The van der Waals surface area contributed by atoms with E-state index in [9.17, 15) is 14.9 Å². The van der Waals surface area contributed by atoms with E-state index in [4.69, 9.17) is 4.74 Å². The molecule has 2 aliphatic heterocycles. The summed E-state index contributed by atoms with van der Waals surface area (Å²) >= 11 is 0. The van der Waals surface area contributed by atoms with Crippen molar-refractivity contribution in [1.29, 1.82) is 0 Å². The molecule has 0 amide bonds. The molecule has 0 spiro atoms. The molecule has 2 heterocycles. The van der Waals surface area contributed by atoms with Gasteiger partial charge in [-0.15, -0.1) is 0 Å². The van der Waals surface area contributed by atoms with Gasteiger partial charge in [-0.3, -0.25) is 19.8 Å². The third-order valence-electron chi connectivity index (χ3n) is 8.07. The molecule has 0 aromatic rings. The van der Waals surface area contributed by atoms with Gasteiger partial charge in [0.1, 0.15) is 6.10 Å². The third-order valence-corrected chi connectivity index (χ3v) is 8.07. The molecule has 0 aromatic carbocycles. The van der Waals surface area contributed by atoms with Gasteiger partial charge in [0.25, 0.3) is 0 Å². The first-order chi connectivity index (χ1) is 13.0. The molecule has 0 radical (unpaired) electrons. The van der Waals surface area contributed by atoms with Crippen molar-refractivity contribution in [2.75, 3.05) is 7.05 Å².